The molecule has 0 saturated carbocycles. The molecule has 1 aromatic heterocycles. The maximum absolute atomic E-state index is 13.3. The lowest BCUT2D eigenvalue weighted by atomic mass is 10.1. The highest BCUT2D eigenvalue weighted by Gasteiger charge is 2.24. The number of amides is 1. The number of fused-ring (bicyclic) bond motifs is 1. The minimum Gasteiger partial charge on any atom is -0.355 e. The van der Waals surface area contributed by atoms with E-state index >= 15 is 0 Å². The highest BCUT2D eigenvalue weighted by Crippen LogP contribution is 2.27. The van der Waals surface area contributed by atoms with E-state index in [0.29, 0.717) is 35.6 Å². The summed E-state index contributed by atoms with van der Waals surface area (Å²) in [6.45, 7) is 1.02. The van der Waals surface area contributed by atoms with E-state index in [4.69, 9.17) is 10.1 Å². The van der Waals surface area contributed by atoms with E-state index in [-0.39, 0.29) is 21.6 Å². The lowest BCUT2D eigenvalue weighted by Crippen LogP contribution is -2.32. The van der Waals surface area contributed by atoms with Gasteiger partial charge in [0.15, 0.2) is 5.16 Å². The van der Waals surface area contributed by atoms with Gasteiger partial charge in [0.1, 0.15) is 0 Å². The van der Waals surface area contributed by atoms with Gasteiger partial charge in [-0.1, -0.05) is 42.4 Å². The standard InChI is InChI=1S/C22H24N4O4S2/c23-32(29,30)16-10-8-15(9-11-16)12-14-26-21(28)17-5-1-2-6-18(17)25-22(26)31-19-7-3-4-13-24-20(19)27/h1-2,5-6,8-11,19H,3-4,7,12-14H2,(H,24,27)(H2,23,29,30)/t19-/m1/s1. The molecule has 0 radical (unpaired) electrons. The summed E-state index contributed by atoms with van der Waals surface area (Å²) in [6, 6.07) is 13.5. The molecule has 3 N–H and O–H groups in total. The number of para-hydroxylation sites is 1. The van der Waals surface area contributed by atoms with Crippen molar-refractivity contribution < 1.29 is 13.2 Å². The number of primary sulfonamides is 1. The molecule has 3 aromatic rings. The van der Waals surface area contributed by atoms with Crippen molar-refractivity contribution in [3.05, 3.63) is 64.4 Å². The Hall–Kier alpha value is -2.69. The summed E-state index contributed by atoms with van der Waals surface area (Å²) in [5.74, 6) is -0.0277. The Morgan fingerprint density at radius 3 is 2.59 bits per heavy atom. The van der Waals surface area contributed by atoms with E-state index < -0.39 is 10.0 Å². The van der Waals surface area contributed by atoms with Crippen LogP contribution in [0.25, 0.3) is 10.9 Å². The lowest BCUT2D eigenvalue weighted by molar-refractivity contribution is -0.120. The molecule has 2 aromatic carbocycles. The smallest absolute Gasteiger partial charge is 0.262 e. The summed E-state index contributed by atoms with van der Waals surface area (Å²) in [5.41, 5.74) is 1.30. The second-order valence-electron chi connectivity index (χ2n) is 7.70. The average molecular weight is 473 g/mol. The van der Waals surface area contributed by atoms with Gasteiger partial charge in [0.05, 0.1) is 21.0 Å². The second-order valence-corrected chi connectivity index (χ2v) is 10.4. The van der Waals surface area contributed by atoms with Crippen LogP contribution in [0.15, 0.2) is 63.4 Å². The largest absolute Gasteiger partial charge is 0.355 e. The zero-order valence-electron chi connectivity index (χ0n) is 17.4. The Morgan fingerprint density at radius 2 is 1.84 bits per heavy atom. The average Bonchev–Trinajstić information content (AvgIpc) is 2.97. The molecule has 168 valence electrons. The van der Waals surface area contributed by atoms with E-state index in [1.165, 1.54) is 23.9 Å². The zero-order chi connectivity index (χ0) is 22.7. The highest BCUT2D eigenvalue weighted by molar-refractivity contribution is 8.00. The molecule has 1 aliphatic heterocycles. The van der Waals surface area contributed by atoms with Gasteiger partial charge in [0, 0.05) is 13.1 Å². The van der Waals surface area contributed by atoms with E-state index in [1.807, 2.05) is 6.07 Å². The number of benzene rings is 2. The van der Waals surface area contributed by atoms with Gasteiger partial charge in [0.25, 0.3) is 5.56 Å². The summed E-state index contributed by atoms with van der Waals surface area (Å²) < 4.78 is 24.5. The number of hydrogen-bond acceptors (Lipinski definition) is 6. The molecule has 1 fully saturated rings. The molecule has 1 saturated heterocycles. The van der Waals surface area contributed by atoms with Crippen LogP contribution in [0.3, 0.4) is 0 Å². The first-order valence-electron chi connectivity index (χ1n) is 10.4. The van der Waals surface area contributed by atoms with Crippen LogP contribution in [0.5, 0.6) is 0 Å². The molecule has 0 bridgehead atoms. The Labute approximate surface area is 190 Å². The molecule has 0 unspecified atom stereocenters. The lowest BCUT2D eigenvalue weighted by Gasteiger charge is -2.17. The molecule has 0 aliphatic carbocycles. The maximum Gasteiger partial charge on any atom is 0.262 e. The normalized spacial score (nSPS) is 17.2. The number of rotatable bonds is 6. The van der Waals surface area contributed by atoms with Crippen molar-refractivity contribution in [2.24, 2.45) is 5.14 Å². The third-order valence-corrected chi connectivity index (χ3v) is 7.62. The number of hydrogen-bond donors (Lipinski definition) is 2. The van der Waals surface area contributed by atoms with Crippen LogP contribution in [0, 0.1) is 0 Å². The van der Waals surface area contributed by atoms with Crippen molar-refractivity contribution in [1.82, 2.24) is 14.9 Å². The maximum atomic E-state index is 13.3. The third kappa shape index (κ3) is 5.03. The van der Waals surface area contributed by atoms with Crippen LogP contribution in [-0.4, -0.2) is 35.7 Å². The quantitative estimate of drug-likeness (QED) is 0.529. The first-order valence-corrected chi connectivity index (χ1v) is 12.8. The SMILES string of the molecule is NS(=O)(=O)c1ccc(CCn2c(S[C@@H]3CCCCNC3=O)nc3ccccc3c2=O)cc1. The summed E-state index contributed by atoms with van der Waals surface area (Å²) in [4.78, 5) is 30.5. The van der Waals surface area contributed by atoms with Crippen LogP contribution in [0.4, 0.5) is 0 Å². The Bertz CT molecular complexity index is 1300. The van der Waals surface area contributed by atoms with Crippen molar-refractivity contribution in [2.75, 3.05) is 6.54 Å². The van der Waals surface area contributed by atoms with Gasteiger partial charge >= 0.3 is 0 Å². The zero-order valence-corrected chi connectivity index (χ0v) is 19.0. The predicted molar refractivity (Wildman–Crippen MR) is 124 cm³/mol. The Morgan fingerprint density at radius 1 is 1.09 bits per heavy atom. The summed E-state index contributed by atoms with van der Waals surface area (Å²) in [7, 11) is -3.76. The van der Waals surface area contributed by atoms with Gasteiger partial charge in [0.2, 0.25) is 15.9 Å². The number of aromatic nitrogens is 2. The van der Waals surface area contributed by atoms with Crippen molar-refractivity contribution in [1.29, 1.82) is 0 Å². The van der Waals surface area contributed by atoms with Gasteiger partial charge in [-0.25, -0.2) is 18.5 Å². The van der Waals surface area contributed by atoms with Crippen molar-refractivity contribution in [2.45, 2.75) is 47.5 Å². The van der Waals surface area contributed by atoms with E-state index in [1.54, 1.807) is 34.9 Å². The molecule has 2 heterocycles. The van der Waals surface area contributed by atoms with Crippen LogP contribution in [0.2, 0.25) is 0 Å². The number of thioether (sulfide) groups is 1. The number of carbonyl (C=O) groups excluding carboxylic acids is 1. The van der Waals surface area contributed by atoms with Gasteiger partial charge in [-0.2, -0.15) is 0 Å². The van der Waals surface area contributed by atoms with Crippen LogP contribution >= 0.6 is 11.8 Å². The summed E-state index contributed by atoms with van der Waals surface area (Å²) in [6.07, 6.45) is 3.10. The third-order valence-electron chi connectivity index (χ3n) is 5.44. The second kappa shape index (κ2) is 9.43. The summed E-state index contributed by atoms with van der Waals surface area (Å²) in [5, 5.41) is 8.82. The molecular weight excluding hydrogens is 448 g/mol. The van der Waals surface area contributed by atoms with Crippen molar-refractivity contribution in [3.63, 3.8) is 0 Å². The molecule has 8 nitrogen and oxygen atoms in total. The number of nitrogens with two attached hydrogens (primary N) is 1. The highest BCUT2D eigenvalue weighted by atomic mass is 32.2. The van der Waals surface area contributed by atoms with Gasteiger partial charge in [-0.05, 0) is 49.1 Å². The van der Waals surface area contributed by atoms with Crippen LogP contribution < -0.4 is 16.0 Å². The topological polar surface area (TPSA) is 124 Å². The predicted octanol–water partition coefficient (Wildman–Crippen LogP) is 2.05. The summed E-state index contributed by atoms with van der Waals surface area (Å²) >= 11 is 1.33. The molecule has 1 aliphatic rings. The number of sulfonamides is 1. The fourth-order valence-corrected chi connectivity index (χ4v) is 5.37. The monoisotopic (exact) mass is 472 g/mol. The Balaban J connectivity index is 1.65. The number of carbonyl (C=O) groups is 1. The van der Waals surface area contributed by atoms with Crippen molar-refractivity contribution >= 4 is 38.6 Å². The fourth-order valence-electron chi connectivity index (χ4n) is 3.67. The van der Waals surface area contributed by atoms with Crippen LogP contribution in [0.1, 0.15) is 24.8 Å². The Kier molecular flexibility index (Phi) is 6.63. The molecule has 1 atom stereocenters. The number of nitrogens with one attached hydrogen (secondary N) is 1. The van der Waals surface area contributed by atoms with E-state index in [9.17, 15) is 18.0 Å². The first-order chi connectivity index (χ1) is 15.3. The first kappa shape index (κ1) is 22.5. The number of nitrogens with zero attached hydrogens (tertiary/aromatic N) is 2. The van der Waals surface area contributed by atoms with Crippen LogP contribution in [-0.2, 0) is 27.8 Å². The molecular formula is C22H24N4O4S2. The minimum atomic E-state index is -3.76. The molecule has 1 amide bonds. The minimum absolute atomic E-state index is 0.0277. The van der Waals surface area contributed by atoms with Gasteiger partial charge in [-0.15, -0.1) is 0 Å². The fraction of sp³-hybridized carbons (Fsp3) is 0.318. The van der Waals surface area contributed by atoms with E-state index in [2.05, 4.69) is 5.32 Å². The molecule has 32 heavy (non-hydrogen) atoms. The van der Waals surface area contributed by atoms with E-state index in [0.717, 1.165) is 24.8 Å². The van der Waals surface area contributed by atoms with Crippen molar-refractivity contribution in [3.8, 4) is 0 Å². The molecule has 0 spiro atoms. The van der Waals surface area contributed by atoms with Gasteiger partial charge < -0.3 is 5.32 Å². The number of aryl methyl sites for hydroxylation is 1. The molecule has 10 heteroatoms. The molecule has 4 rings (SSSR count). The van der Waals surface area contributed by atoms with Gasteiger partial charge in [-0.3, -0.25) is 14.2 Å².